The lowest BCUT2D eigenvalue weighted by Crippen LogP contribution is -2.43. The summed E-state index contributed by atoms with van der Waals surface area (Å²) in [5.41, 5.74) is 4.07. The average Bonchev–Trinajstić information content (AvgIpc) is 2.94. The zero-order valence-electron chi connectivity index (χ0n) is 12.9. The van der Waals surface area contributed by atoms with E-state index in [4.69, 9.17) is 0 Å². The molecule has 1 aromatic rings. The third-order valence-corrected chi connectivity index (χ3v) is 3.74. The maximum Gasteiger partial charge on any atom is 0.243 e. The molecule has 114 valence electrons. The van der Waals surface area contributed by atoms with Crippen molar-refractivity contribution in [3.8, 4) is 0 Å². The summed E-state index contributed by atoms with van der Waals surface area (Å²) in [6.07, 6.45) is 1.84. The third kappa shape index (κ3) is 4.04. The Kier molecular flexibility index (Phi) is 4.96. The number of carbonyl (C=O) groups excluding carboxylic acids is 2. The van der Waals surface area contributed by atoms with E-state index in [0.717, 1.165) is 36.2 Å². The Bertz CT molecular complexity index is 525. The van der Waals surface area contributed by atoms with Crippen molar-refractivity contribution in [1.82, 2.24) is 10.6 Å². The van der Waals surface area contributed by atoms with Crippen LogP contribution in [0.15, 0.2) is 12.1 Å². The molecule has 2 amide bonds. The number of anilines is 1. The Hall–Kier alpha value is -1.88. The SMILES string of the molecule is Cc1cc(C)c(NC(=O)CNC(=O)C2CCCN2)c(C)c1. The second-order valence-electron chi connectivity index (χ2n) is 5.69. The first-order valence-corrected chi connectivity index (χ1v) is 7.36. The Morgan fingerprint density at radius 1 is 1.24 bits per heavy atom. The van der Waals surface area contributed by atoms with Gasteiger partial charge < -0.3 is 16.0 Å². The lowest BCUT2D eigenvalue weighted by molar-refractivity contribution is -0.125. The van der Waals surface area contributed by atoms with Crippen LogP contribution in [0.2, 0.25) is 0 Å². The Labute approximate surface area is 125 Å². The van der Waals surface area contributed by atoms with Gasteiger partial charge in [0.1, 0.15) is 0 Å². The van der Waals surface area contributed by atoms with Crippen LogP contribution in [-0.4, -0.2) is 30.9 Å². The van der Waals surface area contributed by atoms with Gasteiger partial charge in [-0.3, -0.25) is 9.59 Å². The number of rotatable bonds is 4. The maximum absolute atomic E-state index is 12.0. The van der Waals surface area contributed by atoms with Crippen LogP contribution in [0, 0.1) is 20.8 Å². The van der Waals surface area contributed by atoms with Crippen molar-refractivity contribution in [3.05, 3.63) is 28.8 Å². The standard InChI is InChI=1S/C16H23N3O2/c1-10-7-11(2)15(12(3)8-10)19-14(20)9-18-16(21)13-5-4-6-17-13/h7-8,13,17H,4-6,9H2,1-3H3,(H,18,21)(H,19,20). The van der Waals surface area contributed by atoms with Crippen LogP contribution >= 0.6 is 0 Å². The number of amides is 2. The Morgan fingerprint density at radius 3 is 2.48 bits per heavy atom. The summed E-state index contributed by atoms with van der Waals surface area (Å²) < 4.78 is 0. The van der Waals surface area contributed by atoms with Gasteiger partial charge in [0.25, 0.3) is 0 Å². The third-order valence-electron chi connectivity index (χ3n) is 3.74. The van der Waals surface area contributed by atoms with E-state index in [1.165, 1.54) is 5.56 Å². The van der Waals surface area contributed by atoms with Crippen molar-refractivity contribution < 1.29 is 9.59 Å². The second-order valence-corrected chi connectivity index (χ2v) is 5.69. The van der Waals surface area contributed by atoms with E-state index < -0.39 is 0 Å². The fourth-order valence-electron chi connectivity index (χ4n) is 2.76. The predicted molar refractivity (Wildman–Crippen MR) is 83.3 cm³/mol. The molecule has 1 unspecified atom stereocenters. The minimum atomic E-state index is -0.198. The van der Waals surface area contributed by atoms with Crippen LogP contribution in [0.3, 0.4) is 0 Å². The fourth-order valence-corrected chi connectivity index (χ4v) is 2.76. The molecule has 0 spiro atoms. The Balaban J connectivity index is 1.88. The number of hydrogen-bond donors (Lipinski definition) is 3. The van der Waals surface area contributed by atoms with E-state index in [2.05, 4.69) is 16.0 Å². The molecular weight excluding hydrogens is 266 g/mol. The van der Waals surface area contributed by atoms with Crippen molar-refractivity contribution in [2.45, 2.75) is 39.7 Å². The van der Waals surface area contributed by atoms with Crippen molar-refractivity contribution in [3.63, 3.8) is 0 Å². The molecule has 1 heterocycles. The molecule has 5 nitrogen and oxygen atoms in total. The van der Waals surface area contributed by atoms with E-state index in [9.17, 15) is 9.59 Å². The second kappa shape index (κ2) is 6.72. The van der Waals surface area contributed by atoms with Gasteiger partial charge in [-0.15, -0.1) is 0 Å². The van der Waals surface area contributed by atoms with Gasteiger partial charge in [-0.2, -0.15) is 0 Å². The van der Waals surface area contributed by atoms with Crippen LogP contribution in [-0.2, 0) is 9.59 Å². The number of benzene rings is 1. The number of nitrogens with one attached hydrogen (secondary N) is 3. The first-order chi connectivity index (χ1) is 9.97. The topological polar surface area (TPSA) is 70.2 Å². The molecule has 0 aromatic heterocycles. The summed E-state index contributed by atoms with van der Waals surface area (Å²) in [5, 5.41) is 8.67. The van der Waals surface area contributed by atoms with Crippen molar-refractivity contribution in [2.24, 2.45) is 0 Å². The van der Waals surface area contributed by atoms with Crippen LogP contribution in [0.25, 0.3) is 0 Å². The van der Waals surface area contributed by atoms with E-state index in [-0.39, 0.29) is 24.4 Å². The van der Waals surface area contributed by atoms with Crippen LogP contribution in [0.4, 0.5) is 5.69 Å². The zero-order valence-corrected chi connectivity index (χ0v) is 12.9. The summed E-state index contributed by atoms with van der Waals surface area (Å²) in [6, 6.07) is 3.91. The van der Waals surface area contributed by atoms with Gasteiger partial charge in [-0.1, -0.05) is 17.7 Å². The molecule has 0 bridgehead atoms. The molecular formula is C16H23N3O2. The first kappa shape index (κ1) is 15.5. The number of aryl methyl sites for hydroxylation is 3. The lowest BCUT2D eigenvalue weighted by Gasteiger charge is -2.14. The molecule has 0 radical (unpaired) electrons. The van der Waals surface area contributed by atoms with Gasteiger partial charge in [0, 0.05) is 5.69 Å². The lowest BCUT2D eigenvalue weighted by atomic mass is 10.1. The number of carbonyl (C=O) groups is 2. The molecule has 2 rings (SSSR count). The molecule has 21 heavy (non-hydrogen) atoms. The van der Waals surface area contributed by atoms with Crippen molar-refractivity contribution in [1.29, 1.82) is 0 Å². The quantitative estimate of drug-likeness (QED) is 0.785. The van der Waals surface area contributed by atoms with Gasteiger partial charge in [0.15, 0.2) is 0 Å². The van der Waals surface area contributed by atoms with E-state index >= 15 is 0 Å². The normalized spacial score (nSPS) is 17.6. The molecule has 1 aliphatic rings. The maximum atomic E-state index is 12.0. The van der Waals surface area contributed by atoms with E-state index in [0.29, 0.717) is 0 Å². The summed E-state index contributed by atoms with van der Waals surface area (Å²) >= 11 is 0. The molecule has 1 atom stereocenters. The monoisotopic (exact) mass is 289 g/mol. The average molecular weight is 289 g/mol. The Morgan fingerprint density at radius 2 is 1.90 bits per heavy atom. The van der Waals surface area contributed by atoms with Crippen LogP contribution in [0.1, 0.15) is 29.5 Å². The minimum absolute atomic E-state index is 0.00374. The smallest absolute Gasteiger partial charge is 0.243 e. The molecule has 0 aliphatic carbocycles. The van der Waals surface area contributed by atoms with Gasteiger partial charge in [-0.25, -0.2) is 0 Å². The molecule has 1 saturated heterocycles. The summed E-state index contributed by atoms with van der Waals surface area (Å²) in [4.78, 5) is 23.8. The highest BCUT2D eigenvalue weighted by molar-refractivity contribution is 5.96. The molecule has 0 saturated carbocycles. The minimum Gasteiger partial charge on any atom is -0.346 e. The highest BCUT2D eigenvalue weighted by atomic mass is 16.2. The van der Waals surface area contributed by atoms with Gasteiger partial charge in [0.05, 0.1) is 12.6 Å². The van der Waals surface area contributed by atoms with Crippen LogP contribution in [0.5, 0.6) is 0 Å². The fraction of sp³-hybridized carbons (Fsp3) is 0.500. The van der Waals surface area contributed by atoms with Gasteiger partial charge in [0.2, 0.25) is 11.8 Å². The van der Waals surface area contributed by atoms with E-state index in [1.807, 2.05) is 32.9 Å². The largest absolute Gasteiger partial charge is 0.346 e. The highest BCUT2D eigenvalue weighted by Crippen LogP contribution is 2.21. The summed E-state index contributed by atoms with van der Waals surface area (Å²) in [6.45, 7) is 6.84. The summed E-state index contributed by atoms with van der Waals surface area (Å²) in [7, 11) is 0. The molecule has 1 fully saturated rings. The van der Waals surface area contributed by atoms with Gasteiger partial charge >= 0.3 is 0 Å². The first-order valence-electron chi connectivity index (χ1n) is 7.36. The van der Waals surface area contributed by atoms with Crippen molar-refractivity contribution >= 4 is 17.5 Å². The molecule has 1 aliphatic heterocycles. The predicted octanol–water partition coefficient (Wildman–Crippen LogP) is 1.42. The van der Waals surface area contributed by atoms with E-state index in [1.54, 1.807) is 0 Å². The van der Waals surface area contributed by atoms with Crippen LogP contribution < -0.4 is 16.0 Å². The molecule has 1 aromatic carbocycles. The molecule has 3 N–H and O–H groups in total. The van der Waals surface area contributed by atoms with Crippen molar-refractivity contribution in [2.75, 3.05) is 18.4 Å². The summed E-state index contributed by atoms with van der Waals surface area (Å²) in [5.74, 6) is -0.295. The molecule has 5 heteroatoms. The number of hydrogen-bond acceptors (Lipinski definition) is 3. The van der Waals surface area contributed by atoms with Gasteiger partial charge in [-0.05, 0) is 51.3 Å². The zero-order chi connectivity index (χ0) is 15.4. The highest BCUT2D eigenvalue weighted by Gasteiger charge is 2.22.